The van der Waals surface area contributed by atoms with Crippen molar-refractivity contribution >= 4 is 28.9 Å². The monoisotopic (exact) mass is 348 g/mol. The number of nitro benzene ring substituents is 1. The third kappa shape index (κ3) is 3.23. The van der Waals surface area contributed by atoms with E-state index in [4.69, 9.17) is 11.6 Å². The van der Waals surface area contributed by atoms with E-state index in [9.17, 15) is 19.3 Å². The fourth-order valence-electron chi connectivity index (χ4n) is 2.91. The Morgan fingerprint density at radius 1 is 1.29 bits per heavy atom. The van der Waals surface area contributed by atoms with E-state index >= 15 is 0 Å². The minimum Gasteiger partial charge on any atom is -0.309 e. The van der Waals surface area contributed by atoms with Crippen molar-refractivity contribution in [3.8, 4) is 0 Å². The van der Waals surface area contributed by atoms with Crippen LogP contribution >= 0.6 is 11.6 Å². The lowest BCUT2D eigenvalue weighted by Crippen LogP contribution is -2.37. The number of hydrogen-bond donors (Lipinski definition) is 0. The van der Waals surface area contributed by atoms with Gasteiger partial charge in [0.15, 0.2) is 0 Å². The average Bonchev–Trinajstić information content (AvgIpc) is 2.54. The Labute approximate surface area is 142 Å². The number of anilines is 1. The van der Waals surface area contributed by atoms with Crippen molar-refractivity contribution < 1.29 is 14.1 Å². The molecule has 0 N–H and O–H groups in total. The molecule has 0 radical (unpaired) electrons. The Hall–Kier alpha value is -2.47. The topological polar surface area (TPSA) is 63.4 Å². The number of halogens is 2. The van der Waals surface area contributed by atoms with Crippen LogP contribution in [0.3, 0.4) is 0 Å². The highest BCUT2D eigenvalue weighted by molar-refractivity contribution is 6.30. The molecule has 1 heterocycles. The fraction of sp³-hybridized carbons (Fsp3) is 0.235. The fourth-order valence-corrected chi connectivity index (χ4v) is 3.13. The van der Waals surface area contributed by atoms with E-state index in [0.29, 0.717) is 23.6 Å². The summed E-state index contributed by atoms with van der Waals surface area (Å²) in [6.07, 6.45) is 1.46. The Kier molecular flexibility index (Phi) is 4.49. The molecule has 0 saturated heterocycles. The lowest BCUT2D eigenvalue weighted by Gasteiger charge is -2.30. The maximum atomic E-state index is 14.3. The van der Waals surface area contributed by atoms with Crippen LogP contribution in [0.25, 0.3) is 0 Å². The number of carbonyl (C=O) groups is 1. The first kappa shape index (κ1) is 16.4. The van der Waals surface area contributed by atoms with E-state index in [1.165, 1.54) is 23.1 Å². The van der Waals surface area contributed by atoms with Crippen molar-refractivity contribution in [2.24, 2.45) is 0 Å². The summed E-state index contributed by atoms with van der Waals surface area (Å²) in [5.41, 5.74) is 1.63. The molecule has 0 unspecified atom stereocenters. The molecule has 3 rings (SSSR count). The first-order chi connectivity index (χ1) is 11.5. The molecule has 0 atom stereocenters. The molecule has 24 heavy (non-hydrogen) atoms. The molecule has 0 bridgehead atoms. The van der Waals surface area contributed by atoms with Gasteiger partial charge in [0, 0.05) is 23.7 Å². The van der Waals surface area contributed by atoms with Gasteiger partial charge in [-0.2, -0.15) is 0 Å². The maximum Gasteiger partial charge on any atom is 0.269 e. The highest BCUT2D eigenvalue weighted by Crippen LogP contribution is 2.33. The number of nitrogens with zero attached hydrogens (tertiary/aromatic N) is 2. The number of nitro groups is 1. The first-order valence-corrected chi connectivity index (χ1v) is 7.85. The van der Waals surface area contributed by atoms with Gasteiger partial charge in [0.2, 0.25) is 5.91 Å². The summed E-state index contributed by atoms with van der Waals surface area (Å²) in [6.45, 7) is 0.442. The number of hydrogen-bond acceptors (Lipinski definition) is 3. The molecular formula is C17H14ClFN2O3. The summed E-state index contributed by atoms with van der Waals surface area (Å²) in [6, 6.07) is 8.68. The first-order valence-electron chi connectivity index (χ1n) is 7.47. The number of rotatable bonds is 3. The minimum atomic E-state index is -0.505. The molecule has 0 aromatic heterocycles. The van der Waals surface area contributed by atoms with Crippen molar-refractivity contribution in [3.63, 3.8) is 0 Å². The van der Waals surface area contributed by atoms with Gasteiger partial charge in [-0.1, -0.05) is 23.7 Å². The highest BCUT2D eigenvalue weighted by atomic mass is 35.5. The highest BCUT2D eigenvalue weighted by Gasteiger charge is 2.26. The van der Waals surface area contributed by atoms with Gasteiger partial charge < -0.3 is 4.90 Å². The van der Waals surface area contributed by atoms with Crippen molar-refractivity contribution in [3.05, 3.63) is 68.5 Å². The Morgan fingerprint density at radius 3 is 2.67 bits per heavy atom. The molecule has 124 valence electrons. The van der Waals surface area contributed by atoms with Crippen molar-refractivity contribution in [2.75, 3.05) is 11.4 Å². The van der Waals surface area contributed by atoms with Crippen LogP contribution in [0.15, 0.2) is 36.4 Å². The third-order valence-corrected chi connectivity index (χ3v) is 4.23. The summed E-state index contributed by atoms with van der Waals surface area (Å²) in [5, 5.41) is 11.0. The number of non-ortho nitro benzene ring substituents is 1. The number of aryl methyl sites for hydroxylation is 1. The molecule has 0 saturated carbocycles. The van der Waals surface area contributed by atoms with Crippen LogP contribution < -0.4 is 4.90 Å². The lowest BCUT2D eigenvalue weighted by atomic mass is 10.00. The van der Waals surface area contributed by atoms with Gasteiger partial charge in [0.1, 0.15) is 5.82 Å². The van der Waals surface area contributed by atoms with E-state index < -0.39 is 10.7 Å². The molecule has 5 nitrogen and oxygen atoms in total. The van der Waals surface area contributed by atoms with Crippen LogP contribution in [0.5, 0.6) is 0 Å². The molecule has 0 spiro atoms. The predicted molar refractivity (Wildman–Crippen MR) is 88.9 cm³/mol. The molecule has 1 aliphatic heterocycles. The molecular weight excluding hydrogens is 335 g/mol. The summed E-state index contributed by atoms with van der Waals surface area (Å²) in [7, 11) is 0. The van der Waals surface area contributed by atoms with Gasteiger partial charge in [-0.25, -0.2) is 4.39 Å². The van der Waals surface area contributed by atoms with E-state index in [2.05, 4.69) is 0 Å². The van der Waals surface area contributed by atoms with E-state index in [-0.39, 0.29) is 23.7 Å². The van der Waals surface area contributed by atoms with Gasteiger partial charge >= 0.3 is 0 Å². The summed E-state index contributed by atoms with van der Waals surface area (Å²) in [4.78, 5) is 24.2. The molecule has 2 aromatic rings. The Morgan fingerprint density at radius 2 is 2.00 bits per heavy atom. The Balaban J connectivity index is 1.83. The quantitative estimate of drug-likeness (QED) is 0.624. The van der Waals surface area contributed by atoms with Crippen LogP contribution in [0.2, 0.25) is 5.02 Å². The van der Waals surface area contributed by atoms with Crippen LogP contribution in [0.4, 0.5) is 15.8 Å². The second-order valence-electron chi connectivity index (χ2n) is 5.64. The zero-order chi connectivity index (χ0) is 17.3. The lowest BCUT2D eigenvalue weighted by molar-refractivity contribution is -0.384. The molecule has 2 aromatic carbocycles. The predicted octanol–water partition coefficient (Wildman–Crippen LogP) is 3.91. The smallest absolute Gasteiger partial charge is 0.269 e. The average molecular weight is 349 g/mol. The molecule has 0 aliphatic carbocycles. The Bertz CT molecular complexity index is 808. The van der Waals surface area contributed by atoms with Crippen LogP contribution in [-0.2, 0) is 17.6 Å². The normalized spacial score (nSPS) is 13.5. The minimum absolute atomic E-state index is 0.0322. The summed E-state index contributed by atoms with van der Waals surface area (Å²) < 4.78 is 14.3. The van der Waals surface area contributed by atoms with Gasteiger partial charge in [-0.3, -0.25) is 14.9 Å². The molecule has 0 fully saturated rings. The van der Waals surface area contributed by atoms with Gasteiger partial charge in [0.25, 0.3) is 5.69 Å². The maximum absolute atomic E-state index is 14.3. The zero-order valence-corrected chi connectivity index (χ0v) is 13.4. The van der Waals surface area contributed by atoms with E-state index in [0.717, 1.165) is 12.0 Å². The van der Waals surface area contributed by atoms with E-state index in [1.54, 1.807) is 18.2 Å². The van der Waals surface area contributed by atoms with Gasteiger partial charge in [0.05, 0.1) is 17.0 Å². The van der Waals surface area contributed by atoms with E-state index in [1.807, 2.05) is 0 Å². The number of amides is 1. The van der Waals surface area contributed by atoms with Crippen LogP contribution in [0, 0.1) is 15.9 Å². The second kappa shape index (κ2) is 6.57. The number of carbonyl (C=O) groups excluding carboxylic acids is 1. The molecule has 1 amide bonds. The van der Waals surface area contributed by atoms with Crippen molar-refractivity contribution in [1.29, 1.82) is 0 Å². The van der Waals surface area contributed by atoms with Crippen LogP contribution in [0.1, 0.15) is 17.5 Å². The number of fused-ring (bicyclic) bond motifs is 1. The second-order valence-corrected chi connectivity index (χ2v) is 6.08. The van der Waals surface area contributed by atoms with Gasteiger partial charge in [-0.05, 0) is 36.1 Å². The van der Waals surface area contributed by atoms with Crippen molar-refractivity contribution in [2.45, 2.75) is 19.3 Å². The number of benzene rings is 2. The SMILES string of the molecule is O=C(Cc1ccc([N+](=O)[O-])cc1)N1CCCc2cc(Cl)cc(F)c21. The summed E-state index contributed by atoms with van der Waals surface area (Å²) >= 11 is 5.88. The van der Waals surface area contributed by atoms with Gasteiger partial charge in [-0.15, -0.1) is 0 Å². The third-order valence-electron chi connectivity index (χ3n) is 4.01. The standard InChI is InChI=1S/C17H14ClFN2O3/c18-13-9-12-2-1-7-20(17(12)15(19)10-13)16(22)8-11-3-5-14(6-4-11)21(23)24/h3-6,9-10H,1-2,7-8H2. The zero-order valence-electron chi connectivity index (χ0n) is 12.7. The molecule has 7 heteroatoms. The van der Waals surface area contributed by atoms with Crippen molar-refractivity contribution in [1.82, 2.24) is 0 Å². The van der Waals surface area contributed by atoms with Crippen LogP contribution in [-0.4, -0.2) is 17.4 Å². The largest absolute Gasteiger partial charge is 0.309 e. The summed E-state index contributed by atoms with van der Waals surface area (Å²) in [5.74, 6) is -0.750. The molecule has 1 aliphatic rings.